The van der Waals surface area contributed by atoms with Gasteiger partial charge >= 0.3 is 5.97 Å². The SMILES string of the molecule is O=C(COC(=O)CCNC(=O)c1n[nH]c2ccccc12)Nc1ccc(I)cc1. The highest BCUT2D eigenvalue weighted by Crippen LogP contribution is 2.14. The number of H-pyrrole nitrogens is 1. The van der Waals surface area contributed by atoms with Crippen LogP contribution in [0.3, 0.4) is 0 Å². The van der Waals surface area contributed by atoms with Crippen LogP contribution < -0.4 is 10.6 Å². The Morgan fingerprint density at radius 1 is 1.07 bits per heavy atom. The third kappa shape index (κ3) is 5.28. The van der Waals surface area contributed by atoms with Crippen LogP contribution in [-0.4, -0.2) is 41.1 Å². The van der Waals surface area contributed by atoms with E-state index in [1.165, 1.54) is 0 Å². The normalized spacial score (nSPS) is 10.5. The second kappa shape index (κ2) is 9.31. The first-order valence-corrected chi connectivity index (χ1v) is 9.53. The zero-order valence-electron chi connectivity index (χ0n) is 14.7. The molecule has 28 heavy (non-hydrogen) atoms. The van der Waals surface area contributed by atoms with Gasteiger partial charge in [-0.1, -0.05) is 18.2 Å². The summed E-state index contributed by atoms with van der Waals surface area (Å²) in [6.45, 7) is -0.305. The molecule has 0 unspecified atom stereocenters. The van der Waals surface area contributed by atoms with Crippen molar-refractivity contribution in [2.45, 2.75) is 6.42 Å². The predicted octanol–water partition coefficient (Wildman–Crippen LogP) is 2.47. The van der Waals surface area contributed by atoms with E-state index in [9.17, 15) is 14.4 Å². The number of nitrogens with zero attached hydrogens (tertiary/aromatic N) is 1. The van der Waals surface area contributed by atoms with Crippen LogP contribution >= 0.6 is 22.6 Å². The lowest BCUT2D eigenvalue weighted by atomic mass is 10.2. The Morgan fingerprint density at radius 2 is 1.82 bits per heavy atom. The van der Waals surface area contributed by atoms with Crippen LogP contribution in [0.5, 0.6) is 0 Å². The van der Waals surface area contributed by atoms with Crippen LogP contribution in [0.15, 0.2) is 48.5 Å². The fourth-order valence-corrected chi connectivity index (χ4v) is 2.81. The van der Waals surface area contributed by atoms with Gasteiger partial charge in [0.15, 0.2) is 12.3 Å². The number of fused-ring (bicyclic) bond motifs is 1. The van der Waals surface area contributed by atoms with Gasteiger partial charge in [0.05, 0.1) is 11.9 Å². The molecule has 0 spiro atoms. The van der Waals surface area contributed by atoms with E-state index in [2.05, 4.69) is 43.4 Å². The van der Waals surface area contributed by atoms with Crippen molar-refractivity contribution < 1.29 is 19.1 Å². The number of carbonyl (C=O) groups is 3. The molecule has 0 aliphatic heterocycles. The molecule has 3 rings (SSSR count). The minimum absolute atomic E-state index is 0.0507. The van der Waals surface area contributed by atoms with Gasteiger partial charge in [-0.15, -0.1) is 0 Å². The Hall–Kier alpha value is -2.95. The molecule has 1 heterocycles. The van der Waals surface area contributed by atoms with Gasteiger partial charge in [0, 0.05) is 21.2 Å². The molecule has 0 atom stereocenters. The highest BCUT2D eigenvalue weighted by Gasteiger charge is 2.14. The first-order chi connectivity index (χ1) is 13.5. The number of halogens is 1. The van der Waals surface area contributed by atoms with E-state index in [1.807, 2.05) is 30.3 Å². The first-order valence-electron chi connectivity index (χ1n) is 8.45. The Balaban J connectivity index is 1.39. The summed E-state index contributed by atoms with van der Waals surface area (Å²) in [5, 5.41) is 12.7. The van der Waals surface area contributed by atoms with E-state index in [0.717, 1.165) is 9.09 Å². The number of aromatic nitrogens is 2. The molecule has 0 radical (unpaired) electrons. The molecule has 0 aliphatic carbocycles. The number of amides is 2. The average Bonchev–Trinajstić information content (AvgIpc) is 3.12. The van der Waals surface area contributed by atoms with Crippen molar-refractivity contribution in [2.75, 3.05) is 18.5 Å². The molecule has 1 aromatic heterocycles. The third-order valence-electron chi connectivity index (χ3n) is 3.79. The molecule has 3 N–H and O–H groups in total. The van der Waals surface area contributed by atoms with Crippen LogP contribution in [0.1, 0.15) is 16.9 Å². The number of ether oxygens (including phenoxy) is 1. The summed E-state index contributed by atoms with van der Waals surface area (Å²) < 4.78 is 5.97. The molecular weight excluding hydrogens is 475 g/mol. The van der Waals surface area contributed by atoms with Crippen molar-refractivity contribution >= 4 is 57.0 Å². The van der Waals surface area contributed by atoms with Gasteiger partial charge in [-0.05, 0) is 52.9 Å². The van der Waals surface area contributed by atoms with Crippen LogP contribution in [0.4, 0.5) is 5.69 Å². The number of anilines is 1. The predicted molar refractivity (Wildman–Crippen MR) is 112 cm³/mol. The third-order valence-corrected chi connectivity index (χ3v) is 4.51. The number of benzene rings is 2. The van der Waals surface area contributed by atoms with Crippen molar-refractivity contribution in [3.8, 4) is 0 Å². The van der Waals surface area contributed by atoms with Gasteiger partial charge in [-0.2, -0.15) is 5.10 Å². The lowest BCUT2D eigenvalue weighted by molar-refractivity contribution is -0.147. The van der Waals surface area contributed by atoms with Crippen molar-refractivity contribution in [1.29, 1.82) is 0 Å². The molecule has 8 nitrogen and oxygen atoms in total. The molecule has 2 amide bonds. The summed E-state index contributed by atoms with van der Waals surface area (Å²) in [5.74, 6) is -1.40. The maximum absolute atomic E-state index is 12.2. The molecule has 9 heteroatoms. The standard InChI is InChI=1S/C19H17IN4O4/c20-12-5-7-13(8-6-12)22-16(25)11-28-17(26)9-10-21-19(27)18-14-3-1-2-4-15(14)23-24-18/h1-8H,9-11H2,(H,21,27)(H,22,25)(H,23,24). The number of rotatable bonds is 7. The lowest BCUT2D eigenvalue weighted by Gasteiger charge is -2.07. The highest BCUT2D eigenvalue weighted by atomic mass is 127. The Bertz CT molecular complexity index is 1000. The molecule has 3 aromatic rings. The monoisotopic (exact) mass is 492 g/mol. The Kier molecular flexibility index (Phi) is 6.58. The number of nitrogens with one attached hydrogen (secondary N) is 3. The van der Waals surface area contributed by atoms with E-state index in [-0.39, 0.29) is 31.2 Å². The van der Waals surface area contributed by atoms with E-state index in [4.69, 9.17) is 4.74 Å². The van der Waals surface area contributed by atoms with E-state index in [0.29, 0.717) is 11.1 Å². The maximum Gasteiger partial charge on any atom is 0.308 e. The fraction of sp³-hybridized carbons (Fsp3) is 0.158. The van der Waals surface area contributed by atoms with Crippen LogP contribution in [-0.2, 0) is 14.3 Å². The number of aromatic amines is 1. The lowest BCUT2D eigenvalue weighted by Crippen LogP contribution is -2.28. The minimum Gasteiger partial charge on any atom is -0.456 e. The van der Waals surface area contributed by atoms with Gasteiger partial charge in [0.25, 0.3) is 11.8 Å². The molecule has 0 saturated carbocycles. The zero-order chi connectivity index (χ0) is 19.9. The van der Waals surface area contributed by atoms with E-state index < -0.39 is 11.9 Å². The summed E-state index contributed by atoms with van der Waals surface area (Å²) in [4.78, 5) is 35.7. The minimum atomic E-state index is -0.579. The van der Waals surface area contributed by atoms with Gasteiger partial charge < -0.3 is 15.4 Å². The molecule has 2 aromatic carbocycles. The van der Waals surface area contributed by atoms with E-state index >= 15 is 0 Å². The molecule has 0 aliphatic rings. The summed E-state index contributed by atoms with van der Waals surface area (Å²) in [5.41, 5.74) is 1.65. The molecule has 0 bridgehead atoms. The van der Waals surface area contributed by atoms with Crippen molar-refractivity contribution in [3.63, 3.8) is 0 Å². The van der Waals surface area contributed by atoms with Gasteiger partial charge in [0.1, 0.15) is 0 Å². The Morgan fingerprint density at radius 3 is 2.61 bits per heavy atom. The molecule has 144 valence electrons. The summed E-state index contributed by atoms with van der Waals surface area (Å²) in [6.07, 6.45) is -0.0507. The van der Waals surface area contributed by atoms with Gasteiger partial charge in [-0.25, -0.2) is 0 Å². The summed E-state index contributed by atoms with van der Waals surface area (Å²) in [7, 11) is 0. The molecule has 0 fully saturated rings. The largest absolute Gasteiger partial charge is 0.456 e. The second-order valence-corrected chi connectivity index (χ2v) is 7.09. The highest BCUT2D eigenvalue weighted by molar-refractivity contribution is 14.1. The van der Waals surface area contributed by atoms with Crippen LogP contribution in [0.25, 0.3) is 10.9 Å². The number of hydrogen-bond donors (Lipinski definition) is 3. The summed E-state index contributed by atoms with van der Waals surface area (Å²) >= 11 is 2.16. The van der Waals surface area contributed by atoms with Crippen LogP contribution in [0.2, 0.25) is 0 Å². The molecular formula is C19H17IN4O4. The van der Waals surface area contributed by atoms with Gasteiger partial charge in [-0.3, -0.25) is 19.5 Å². The smallest absolute Gasteiger partial charge is 0.308 e. The Labute approximate surface area is 174 Å². The number of para-hydroxylation sites is 1. The van der Waals surface area contributed by atoms with Crippen molar-refractivity contribution in [1.82, 2.24) is 15.5 Å². The number of hydrogen-bond acceptors (Lipinski definition) is 5. The topological polar surface area (TPSA) is 113 Å². The maximum atomic E-state index is 12.2. The quantitative estimate of drug-likeness (QED) is 0.347. The number of esters is 1. The molecule has 0 saturated heterocycles. The fourth-order valence-electron chi connectivity index (χ4n) is 2.45. The van der Waals surface area contributed by atoms with Crippen molar-refractivity contribution in [3.05, 3.63) is 57.8 Å². The first kappa shape index (κ1) is 19.8. The average molecular weight is 492 g/mol. The van der Waals surface area contributed by atoms with Gasteiger partial charge in [0.2, 0.25) is 0 Å². The van der Waals surface area contributed by atoms with Crippen LogP contribution in [0, 0.1) is 3.57 Å². The van der Waals surface area contributed by atoms with Crippen molar-refractivity contribution in [2.24, 2.45) is 0 Å². The number of carbonyl (C=O) groups excluding carboxylic acids is 3. The second-order valence-electron chi connectivity index (χ2n) is 5.84. The zero-order valence-corrected chi connectivity index (χ0v) is 16.9. The summed E-state index contributed by atoms with van der Waals surface area (Å²) in [6, 6.07) is 14.5. The van der Waals surface area contributed by atoms with E-state index in [1.54, 1.807) is 18.2 Å².